The van der Waals surface area contributed by atoms with Gasteiger partial charge in [-0.15, -0.1) is 0 Å². The Morgan fingerprint density at radius 1 is 1.20 bits per heavy atom. The molecule has 1 rings (SSSR count). The van der Waals surface area contributed by atoms with Gasteiger partial charge in [-0.25, -0.2) is 0 Å². The van der Waals surface area contributed by atoms with E-state index < -0.39 is 5.97 Å². The molecule has 0 unspecified atom stereocenters. The van der Waals surface area contributed by atoms with Gasteiger partial charge >= 0.3 is 5.97 Å². The number of ether oxygens (including phenoxy) is 1. The highest BCUT2D eigenvalue weighted by Gasteiger charge is 2.18. The highest BCUT2D eigenvalue weighted by atomic mass is 16.5. The number of aromatic nitrogens is 1. The molecule has 1 aromatic rings. The molecule has 0 bridgehead atoms. The summed E-state index contributed by atoms with van der Waals surface area (Å²) >= 11 is 0. The van der Waals surface area contributed by atoms with E-state index in [0.29, 0.717) is 12.4 Å². The molecule has 1 N–H and O–H groups in total. The van der Waals surface area contributed by atoms with Crippen LogP contribution in [0.5, 0.6) is 0 Å². The molecule has 2 amide bonds. The lowest BCUT2D eigenvalue weighted by molar-refractivity contribution is -0.145. The number of nitrogens with one attached hydrogen (secondary N) is 1. The number of anilines is 1. The van der Waals surface area contributed by atoms with Gasteiger partial charge in [0, 0.05) is 19.0 Å². The van der Waals surface area contributed by atoms with E-state index in [0.717, 1.165) is 25.7 Å². The van der Waals surface area contributed by atoms with E-state index in [2.05, 4.69) is 21.9 Å². The Labute approximate surface area is 147 Å². The molecule has 8 nitrogen and oxygen atoms in total. The van der Waals surface area contributed by atoms with Crippen LogP contribution in [-0.2, 0) is 19.1 Å². The summed E-state index contributed by atoms with van der Waals surface area (Å²) in [6.45, 7) is 4.50. The van der Waals surface area contributed by atoms with Gasteiger partial charge in [-0.3, -0.25) is 14.4 Å². The van der Waals surface area contributed by atoms with Gasteiger partial charge in [0.05, 0.1) is 19.6 Å². The fourth-order valence-corrected chi connectivity index (χ4v) is 2.25. The number of hydrogen-bond acceptors (Lipinski definition) is 6. The van der Waals surface area contributed by atoms with Crippen LogP contribution in [0.2, 0.25) is 0 Å². The molecule has 0 saturated heterocycles. The van der Waals surface area contributed by atoms with Crippen molar-refractivity contribution < 1.29 is 23.6 Å². The Kier molecular flexibility index (Phi) is 9.96. The summed E-state index contributed by atoms with van der Waals surface area (Å²) in [5.41, 5.74) is 0. The van der Waals surface area contributed by atoms with Crippen LogP contribution in [0.15, 0.2) is 16.9 Å². The second kappa shape index (κ2) is 12.0. The largest absolute Gasteiger partial charge is 0.466 e. The Hall–Kier alpha value is -2.38. The quantitative estimate of drug-likeness (QED) is 0.457. The third kappa shape index (κ3) is 8.88. The molecule has 0 aliphatic rings. The standard InChI is InChI=1S/C17H27N3O5/c1-3-5-6-7-11-20(16(22)8-9-17(23)24-4-2)13-15(21)18-14-10-12-25-19-14/h10,12H,3-9,11,13H2,1-2H3,(H,18,19,21). The second-order valence-corrected chi connectivity index (χ2v) is 5.61. The van der Waals surface area contributed by atoms with Gasteiger partial charge in [0.2, 0.25) is 11.8 Å². The van der Waals surface area contributed by atoms with Gasteiger partial charge in [0.1, 0.15) is 6.26 Å². The van der Waals surface area contributed by atoms with Crippen molar-refractivity contribution in [3.63, 3.8) is 0 Å². The first-order chi connectivity index (χ1) is 12.1. The molecule has 25 heavy (non-hydrogen) atoms. The van der Waals surface area contributed by atoms with Crippen molar-refractivity contribution in [2.24, 2.45) is 0 Å². The molecule has 0 radical (unpaired) electrons. The van der Waals surface area contributed by atoms with Crippen LogP contribution < -0.4 is 5.32 Å². The zero-order chi connectivity index (χ0) is 18.5. The van der Waals surface area contributed by atoms with Gasteiger partial charge in [-0.2, -0.15) is 0 Å². The molecule has 140 valence electrons. The molecule has 8 heteroatoms. The van der Waals surface area contributed by atoms with Gasteiger partial charge < -0.3 is 19.5 Å². The number of amides is 2. The molecular formula is C17H27N3O5. The fraction of sp³-hybridized carbons (Fsp3) is 0.647. The molecule has 1 heterocycles. The van der Waals surface area contributed by atoms with Crippen LogP contribution in [0.1, 0.15) is 52.4 Å². The number of esters is 1. The highest BCUT2D eigenvalue weighted by Crippen LogP contribution is 2.07. The maximum absolute atomic E-state index is 12.4. The fourth-order valence-electron chi connectivity index (χ4n) is 2.25. The minimum atomic E-state index is -0.408. The first kappa shape index (κ1) is 20.7. The lowest BCUT2D eigenvalue weighted by atomic mass is 10.2. The van der Waals surface area contributed by atoms with E-state index in [4.69, 9.17) is 4.74 Å². The third-order valence-corrected chi connectivity index (χ3v) is 3.52. The van der Waals surface area contributed by atoms with Crippen molar-refractivity contribution in [1.82, 2.24) is 10.1 Å². The van der Waals surface area contributed by atoms with Crippen LogP contribution in [0.4, 0.5) is 5.82 Å². The van der Waals surface area contributed by atoms with Crippen molar-refractivity contribution in [2.75, 3.05) is 25.0 Å². The van der Waals surface area contributed by atoms with Crippen LogP contribution in [-0.4, -0.2) is 47.5 Å². The van der Waals surface area contributed by atoms with Crippen molar-refractivity contribution in [3.8, 4) is 0 Å². The first-order valence-corrected chi connectivity index (χ1v) is 8.70. The molecule has 0 spiro atoms. The number of unbranched alkanes of at least 4 members (excludes halogenated alkanes) is 3. The Balaban J connectivity index is 2.52. The van der Waals surface area contributed by atoms with Crippen molar-refractivity contribution in [3.05, 3.63) is 12.3 Å². The molecule has 0 aliphatic carbocycles. The number of nitrogens with zero attached hydrogens (tertiary/aromatic N) is 2. The van der Waals surface area contributed by atoms with Crippen molar-refractivity contribution in [1.29, 1.82) is 0 Å². The monoisotopic (exact) mass is 353 g/mol. The Morgan fingerprint density at radius 2 is 2.00 bits per heavy atom. The first-order valence-electron chi connectivity index (χ1n) is 8.70. The molecule has 1 aromatic heterocycles. The summed E-state index contributed by atoms with van der Waals surface area (Å²) in [4.78, 5) is 37.3. The molecule has 0 saturated carbocycles. The lowest BCUT2D eigenvalue weighted by Gasteiger charge is -2.22. The van der Waals surface area contributed by atoms with Gasteiger partial charge in [-0.1, -0.05) is 31.3 Å². The van der Waals surface area contributed by atoms with E-state index >= 15 is 0 Å². The molecule has 0 aliphatic heterocycles. The van der Waals surface area contributed by atoms with E-state index in [9.17, 15) is 14.4 Å². The average molecular weight is 353 g/mol. The highest BCUT2D eigenvalue weighted by molar-refractivity contribution is 5.94. The van der Waals surface area contributed by atoms with Crippen molar-refractivity contribution >= 4 is 23.6 Å². The second-order valence-electron chi connectivity index (χ2n) is 5.61. The topological polar surface area (TPSA) is 102 Å². The van der Waals surface area contributed by atoms with Gasteiger partial charge in [0.25, 0.3) is 0 Å². The summed E-state index contributed by atoms with van der Waals surface area (Å²) in [7, 11) is 0. The summed E-state index contributed by atoms with van der Waals surface area (Å²) < 4.78 is 9.48. The minimum Gasteiger partial charge on any atom is -0.466 e. The van der Waals surface area contributed by atoms with E-state index in [1.54, 1.807) is 6.92 Å². The predicted molar refractivity (Wildman–Crippen MR) is 91.7 cm³/mol. The van der Waals surface area contributed by atoms with Crippen LogP contribution in [0.25, 0.3) is 0 Å². The average Bonchev–Trinajstić information content (AvgIpc) is 3.08. The number of hydrogen-bond donors (Lipinski definition) is 1. The van der Waals surface area contributed by atoms with Gasteiger partial charge in [-0.05, 0) is 13.3 Å². The third-order valence-electron chi connectivity index (χ3n) is 3.52. The molecule has 0 aromatic carbocycles. The number of rotatable bonds is 12. The number of carbonyl (C=O) groups is 3. The maximum Gasteiger partial charge on any atom is 0.306 e. The van der Waals surface area contributed by atoms with Crippen LogP contribution in [0.3, 0.4) is 0 Å². The lowest BCUT2D eigenvalue weighted by Crippen LogP contribution is -2.39. The number of carbonyl (C=O) groups excluding carboxylic acids is 3. The SMILES string of the molecule is CCCCCCN(CC(=O)Nc1ccon1)C(=O)CCC(=O)OCC. The summed E-state index contributed by atoms with van der Waals surface area (Å²) in [6.07, 6.45) is 5.37. The van der Waals surface area contributed by atoms with E-state index in [-0.39, 0.29) is 37.8 Å². The van der Waals surface area contributed by atoms with E-state index in [1.165, 1.54) is 17.2 Å². The Morgan fingerprint density at radius 3 is 2.64 bits per heavy atom. The Bertz CT molecular complexity index is 530. The van der Waals surface area contributed by atoms with Crippen molar-refractivity contribution in [2.45, 2.75) is 52.4 Å². The van der Waals surface area contributed by atoms with Gasteiger partial charge in [0.15, 0.2) is 5.82 Å². The summed E-state index contributed by atoms with van der Waals surface area (Å²) in [6, 6.07) is 1.52. The zero-order valence-corrected chi connectivity index (χ0v) is 15.0. The van der Waals surface area contributed by atoms with E-state index in [1.807, 2.05) is 0 Å². The normalized spacial score (nSPS) is 10.3. The molecular weight excluding hydrogens is 326 g/mol. The van der Waals surface area contributed by atoms with Crippen LogP contribution >= 0.6 is 0 Å². The smallest absolute Gasteiger partial charge is 0.306 e. The molecule has 0 fully saturated rings. The maximum atomic E-state index is 12.4. The molecule has 0 atom stereocenters. The van der Waals surface area contributed by atoms with Crippen LogP contribution in [0, 0.1) is 0 Å². The minimum absolute atomic E-state index is 0.0169. The predicted octanol–water partition coefficient (Wildman–Crippen LogP) is 2.37. The zero-order valence-electron chi connectivity index (χ0n) is 15.0. The summed E-state index contributed by atoms with van der Waals surface area (Å²) in [5, 5.41) is 6.17. The summed E-state index contributed by atoms with van der Waals surface area (Å²) in [5.74, 6) is -0.697.